The lowest BCUT2D eigenvalue weighted by Gasteiger charge is -2.25. The van der Waals surface area contributed by atoms with E-state index < -0.39 is 12.0 Å². The van der Waals surface area contributed by atoms with Crippen LogP contribution in [-0.4, -0.2) is 53.3 Å². The highest BCUT2D eigenvalue weighted by atomic mass is 16.5. The number of carboxylic acid groups (broad SMARTS) is 1. The maximum Gasteiger partial charge on any atom is 0.325 e. The van der Waals surface area contributed by atoms with Crippen LogP contribution in [0.2, 0.25) is 0 Å². The summed E-state index contributed by atoms with van der Waals surface area (Å²) in [5, 5.41) is 13.2. The predicted molar refractivity (Wildman–Crippen MR) is 121 cm³/mol. The van der Waals surface area contributed by atoms with Gasteiger partial charge < -0.3 is 15.2 Å². The smallest absolute Gasteiger partial charge is 0.325 e. The Labute approximate surface area is 184 Å². The van der Waals surface area contributed by atoms with Crippen molar-refractivity contribution in [2.45, 2.75) is 57.6 Å². The van der Waals surface area contributed by atoms with E-state index in [2.05, 4.69) is 17.4 Å². The van der Waals surface area contributed by atoms with E-state index in [1.54, 1.807) is 0 Å². The molecule has 2 N–H and O–H groups in total. The van der Waals surface area contributed by atoms with Crippen LogP contribution in [0.5, 0.6) is 0 Å². The Kier molecular flexibility index (Phi) is 7.20. The molecule has 31 heavy (non-hydrogen) atoms. The summed E-state index contributed by atoms with van der Waals surface area (Å²) in [6.45, 7) is 5.13. The topological polar surface area (TPSA) is 74.7 Å². The molecule has 1 fully saturated rings. The quantitative estimate of drug-likeness (QED) is 0.594. The molecule has 0 bridgehead atoms. The number of hydrogen-bond acceptors (Lipinski definition) is 5. The first kappa shape index (κ1) is 21.8. The molecule has 0 saturated carbocycles. The fraction of sp³-hybridized carbons (Fsp3) is 0.520. The second-order valence-electron chi connectivity index (χ2n) is 8.67. The summed E-state index contributed by atoms with van der Waals surface area (Å²) in [6.07, 6.45) is 6.29. The number of pyridine rings is 1. The fourth-order valence-electron chi connectivity index (χ4n) is 4.67. The van der Waals surface area contributed by atoms with Crippen molar-refractivity contribution in [1.82, 2.24) is 9.88 Å². The molecule has 6 heteroatoms. The molecular formula is C25H33N3O3. The Morgan fingerprint density at radius 2 is 2.16 bits per heavy atom. The lowest BCUT2D eigenvalue weighted by molar-refractivity contribution is -0.143. The van der Waals surface area contributed by atoms with Crippen molar-refractivity contribution < 1.29 is 14.6 Å². The molecule has 1 saturated heterocycles. The molecule has 2 atom stereocenters. The molecule has 0 amide bonds. The molecule has 4 rings (SSSR count). The second kappa shape index (κ2) is 10.2. The minimum Gasteiger partial charge on any atom is -0.480 e. The van der Waals surface area contributed by atoms with Gasteiger partial charge in [0.15, 0.2) is 0 Å². The molecule has 6 nitrogen and oxygen atoms in total. The number of anilines is 1. The van der Waals surface area contributed by atoms with Crippen LogP contribution in [0.15, 0.2) is 36.4 Å². The zero-order valence-corrected chi connectivity index (χ0v) is 18.3. The molecule has 2 aromatic rings. The first-order valence-corrected chi connectivity index (χ1v) is 11.5. The van der Waals surface area contributed by atoms with E-state index in [1.165, 1.54) is 12.0 Å². The van der Waals surface area contributed by atoms with Crippen molar-refractivity contribution >= 4 is 11.8 Å². The van der Waals surface area contributed by atoms with Crippen LogP contribution in [0.1, 0.15) is 54.1 Å². The third kappa shape index (κ3) is 5.43. The van der Waals surface area contributed by atoms with Gasteiger partial charge in [-0.2, -0.15) is 0 Å². The first-order valence-electron chi connectivity index (χ1n) is 11.5. The van der Waals surface area contributed by atoms with Crippen molar-refractivity contribution in [3.63, 3.8) is 0 Å². The van der Waals surface area contributed by atoms with Gasteiger partial charge in [-0.25, -0.2) is 4.98 Å². The lowest BCUT2D eigenvalue weighted by atomic mass is 10.0. The van der Waals surface area contributed by atoms with Gasteiger partial charge in [-0.15, -0.1) is 0 Å². The van der Waals surface area contributed by atoms with E-state index >= 15 is 0 Å². The minimum absolute atomic E-state index is 0.108. The number of likely N-dealkylation sites (tertiary alicyclic amines) is 1. The molecule has 0 aliphatic carbocycles. The SMILES string of the molecule is Cc1ccccc1C(C(=O)O)N1CCC(OCCCCc2ccc3c(n2)NCCC3)C1. The molecule has 2 unspecified atom stereocenters. The number of carbonyl (C=O) groups is 1. The Morgan fingerprint density at radius 1 is 1.29 bits per heavy atom. The normalized spacial score (nSPS) is 19.6. The number of nitrogens with one attached hydrogen (secondary N) is 1. The monoisotopic (exact) mass is 423 g/mol. The van der Waals surface area contributed by atoms with Crippen LogP contribution < -0.4 is 5.32 Å². The third-order valence-corrected chi connectivity index (χ3v) is 6.39. The van der Waals surface area contributed by atoms with E-state index in [0.29, 0.717) is 13.2 Å². The number of carboxylic acids is 1. The van der Waals surface area contributed by atoms with Crippen molar-refractivity contribution in [3.05, 3.63) is 58.8 Å². The number of ether oxygens (including phenoxy) is 1. The zero-order valence-electron chi connectivity index (χ0n) is 18.3. The van der Waals surface area contributed by atoms with Gasteiger partial charge in [0.25, 0.3) is 0 Å². The average molecular weight is 424 g/mol. The molecule has 3 heterocycles. The number of aliphatic carboxylic acids is 1. The van der Waals surface area contributed by atoms with Gasteiger partial charge in [-0.1, -0.05) is 30.3 Å². The van der Waals surface area contributed by atoms with Crippen LogP contribution in [0.25, 0.3) is 0 Å². The third-order valence-electron chi connectivity index (χ3n) is 6.39. The average Bonchev–Trinajstić information content (AvgIpc) is 3.23. The number of aromatic nitrogens is 1. The van der Waals surface area contributed by atoms with Crippen molar-refractivity contribution in [2.75, 3.05) is 31.6 Å². The molecule has 0 radical (unpaired) electrons. The molecule has 1 aromatic heterocycles. The van der Waals surface area contributed by atoms with Gasteiger partial charge >= 0.3 is 5.97 Å². The Morgan fingerprint density at radius 3 is 3.00 bits per heavy atom. The molecular weight excluding hydrogens is 390 g/mol. The summed E-state index contributed by atoms with van der Waals surface area (Å²) in [4.78, 5) is 18.8. The summed E-state index contributed by atoms with van der Waals surface area (Å²) in [6, 6.07) is 11.5. The number of unbranched alkanes of at least 4 members (excludes halogenated alkanes) is 1. The van der Waals surface area contributed by atoms with Gasteiger partial charge in [-0.3, -0.25) is 9.69 Å². The van der Waals surface area contributed by atoms with Crippen molar-refractivity contribution in [3.8, 4) is 0 Å². The van der Waals surface area contributed by atoms with Gasteiger partial charge in [0, 0.05) is 31.9 Å². The molecule has 2 aliphatic rings. The summed E-state index contributed by atoms with van der Waals surface area (Å²) >= 11 is 0. The zero-order chi connectivity index (χ0) is 21.6. The molecule has 1 aromatic carbocycles. The van der Waals surface area contributed by atoms with Crippen molar-refractivity contribution in [1.29, 1.82) is 0 Å². The number of benzene rings is 1. The van der Waals surface area contributed by atoms with Crippen LogP contribution in [0.4, 0.5) is 5.82 Å². The first-order chi connectivity index (χ1) is 15.1. The Bertz CT molecular complexity index is 901. The van der Waals surface area contributed by atoms with Crippen LogP contribution in [0.3, 0.4) is 0 Å². The number of hydrogen-bond donors (Lipinski definition) is 2. The highest BCUT2D eigenvalue weighted by Gasteiger charge is 2.34. The van der Waals surface area contributed by atoms with Gasteiger partial charge in [0.05, 0.1) is 6.10 Å². The number of aryl methyl sites for hydroxylation is 3. The fourth-order valence-corrected chi connectivity index (χ4v) is 4.67. The molecule has 0 spiro atoms. The predicted octanol–water partition coefficient (Wildman–Crippen LogP) is 3.99. The molecule has 166 valence electrons. The summed E-state index contributed by atoms with van der Waals surface area (Å²) in [7, 11) is 0. The van der Waals surface area contributed by atoms with Crippen molar-refractivity contribution in [2.24, 2.45) is 0 Å². The maximum absolute atomic E-state index is 12.0. The number of rotatable bonds is 9. The highest BCUT2D eigenvalue weighted by Crippen LogP contribution is 2.29. The number of fused-ring (bicyclic) bond motifs is 1. The van der Waals surface area contributed by atoms with E-state index in [1.807, 2.05) is 36.1 Å². The van der Waals surface area contributed by atoms with Crippen LogP contribution in [0, 0.1) is 6.92 Å². The Balaban J connectivity index is 1.21. The van der Waals surface area contributed by atoms with Crippen LogP contribution in [-0.2, 0) is 22.4 Å². The van der Waals surface area contributed by atoms with E-state index in [-0.39, 0.29) is 6.10 Å². The maximum atomic E-state index is 12.0. The van der Waals surface area contributed by atoms with Gasteiger partial charge in [-0.05, 0) is 68.2 Å². The summed E-state index contributed by atoms with van der Waals surface area (Å²) in [5.41, 5.74) is 4.37. The van der Waals surface area contributed by atoms with Crippen LogP contribution >= 0.6 is 0 Å². The summed E-state index contributed by atoms with van der Waals surface area (Å²) < 4.78 is 6.09. The number of nitrogens with zero attached hydrogens (tertiary/aromatic N) is 2. The van der Waals surface area contributed by atoms with E-state index in [0.717, 1.165) is 67.8 Å². The Hall–Kier alpha value is -2.44. The van der Waals surface area contributed by atoms with E-state index in [4.69, 9.17) is 9.72 Å². The van der Waals surface area contributed by atoms with Gasteiger partial charge in [0.1, 0.15) is 11.9 Å². The standard InChI is InChI=1S/C25H33N3O3/c1-18-7-2-3-10-22(18)23(25(29)30)28-15-13-21(17-28)31-16-5-4-9-20-12-11-19-8-6-14-26-24(19)27-20/h2-3,7,10-12,21,23H,4-6,8-9,13-17H2,1H3,(H,26,27)(H,29,30). The highest BCUT2D eigenvalue weighted by molar-refractivity contribution is 5.76. The molecule has 2 aliphatic heterocycles. The summed E-state index contributed by atoms with van der Waals surface area (Å²) in [5.74, 6) is 0.273. The van der Waals surface area contributed by atoms with E-state index in [9.17, 15) is 9.90 Å². The second-order valence-corrected chi connectivity index (χ2v) is 8.67. The van der Waals surface area contributed by atoms with Gasteiger partial charge in [0.2, 0.25) is 0 Å². The largest absolute Gasteiger partial charge is 0.480 e. The lowest BCUT2D eigenvalue weighted by Crippen LogP contribution is -2.34. The minimum atomic E-state index is -0.790.